The van der Waals surface area contributed by atoms with E-state index in [4.69, 9.17) is 16.7 Å². The van der Waals surface area contributed by atoms with Gasteiger partial charge in [-0.15, -0.1) is 0 Å². The smallest absolute Gasteiger partial charge is 0.341 e. The van der Waals surface area contributed by atoms with Gasteiger partial charge in [0.05, 0.1) is 11.6 Å². The summed E-state index contributed by atoms with van der Waals surface area (Å²) in [6.45, 7) is 0. The Balaban J connectivity index is 2.50. The Hall–Kier alpha value is -2.94. The summed E-state index contributed by atoms with van der Waals surface area (Å²) in [6, 6.07) is 1.20. The number of carbonyl (C=O) groups is 1. The lowest BCUT2D eigenvalue weighted by Crippen LogP contribution is -2.20. The second-order valence-corrected chi connectivity index (χ2v) is 5.00. The number of hydrogen-bond donors (Lipinski definition) is 1. The number of nitrogens with zero attached hydrogens (tertiary/aromatic N) is 3. The van der Waals surface area contributed by atoms with Crippen molar-refractivity contribution in [1.29, 1.82) is 0 Å². The first kappa shape index (κ1) is 15.9. The van der Waals surface area contributed by atoms with E-state index in [-0.39, 0.29) is 5.65 Å². The number of aromatic nitrogens is 3. The van der Waals surface area contributed by atoms with Crippen LogP contribution in [0.5, 0.6) is 0 Å². The van der Waals surface area contributed by atoms with Gasteiger partial charge in [-0.05, 0) is 6.07 Å². The standard InChI is InChI=1S/C14H5ClF3N3O3/c15-11-8(17)2-6-10(22)7(14(23)24)4-21(12(6)20-11)13-9(18)1-5(16)3-19-13/h1-4H,(H,23,24). The molecule has 1 N–H and O–H groups in total. The zero-order valence-electron chi connectivity index (χ0n) is 11.4. The van der Waals surface area contributed by atoms with Crippen molar-refractivity contribution >= 4 is 28.6 Å². The largest absolute Gasteiger partial charge is 0.477 e. The van der Waals surface area contributed by atoms with Crippen LogP contribution in [0.1, 0.15) is 10.4 Å². The first-order valence-electron chi connectivity index (χ1n) is 6.25. The predicted octanol–water partition coefficient (Wildman–Crippen LogP) is 2.55. The van der Waals surface area contributed by atoms with Gasteiger partial charge in [0.2, 0.25) is 5.43 Å². The molecular weight excluding hydrogens is 351 g/mol. The minimum absolute atomic E-state index is 0.325. The third-order valence-electron chi connectivity index (χ3n) is 3.14. The van der Waals surface area contributed by atoms with Crippen molar-refractivity contribution in [2.24, 2.45) is 0 Å². The van der Waals surface area contributed by atoms with E-state index >= 15 is 0 Å². The Morgan fingerprint density at radius 3 is 2.54 bits per heavy atom. The zero-order chi connectivity index (χ0) is 17.6. The molecule has 3 aromatic heterocycles. The highest BCUT2D eigenvalue weighted by atomic mass is 35.5. The Morgan fingerprint density at radius 2 is 1.92 bits per heavy atom. The molecule has 0 radical (unpaired) electrons. The second kappa shape index (κ2) is 5.60. The van der Waals surface area contributed by atoms with Crippen LogP contribution in [-0.2, 0) is 0 Å². The summed E-state index contributed by atoms with van der Waals surface area (Å²) in [5.41, 5.74) is -2.12. The number of halogens is 4. The molecule has 0 saturated heterocycles. The van der Waals surface area contributed by atoms with E-state index in [1.807, 2.05) is 0 Å². The molecule has 3 aromatic rings. The molecule has 0 aliphatic rings. The number of aromatic carboxylic acids is 1. The Kier molecular flexibility index (Phi) is 3.72. The normalized spacial score (nSPS) is 11.0. The van der Waals surface area contributed by atoms with Gasteiger partial charge in [0, 0.05) is 12.3 Å². The molecule has 0 saturated carbocycles. The summed E-state index contributed by atoms with van der Waals surface area (Å²) in [5.74, 6) is -5.30. The van der Waals surface area contributed by atoms with Crippen molar-refractivity contribution in [3.05, 3.63) is 62.9 Å². The van der Waals surface area contributed by atoms with Crippen LogP contribution in [0.3, 0.4) is 0 Å². The van der Waals surface area contributed by atoms with Gasteiger partial charge in [0.1, 0.15) is 11.4 Å². The minimum atomic E-state index is -1.62. The molecule has 0 amide bonds. The van der Waals surface area contributed by atoms with E-state index in [1.165, 1.54) is 0 Å². The highest BCUT2D eigenvalue weighted by molar-refractivity contribution is 6.29. The van der Waals surface area contributed by atoms with E-state index in [9.17, 15) is 22.8 Å². The van der Waals surface area contributed by atoms with E-state index in [2.05, 4.69) is 9.97 Å². The number of hydrogen-bond acceptors (Lipinski definition) is 4. The Bertz CT molecular complexity index is 1070. The van der Waals surface area contributed by atoms with Gasteiger partial charge >= 0.3 is 5.97 Å². The summed E-state index contributed by atoms with van der Waals surface area (Å²) >= 11 is 5.57. The monoisotopic (exact) mass is 355 g/mol. The van der Waals surface area contributed by atoms with Gasteiger partial charge in [-0.1, -0.05) is 11.6 Å². The molecule has 0 aromatic carbocycles. The average Bonchev–Trinajstić information content (AvgIpc) is 2.50. The summed E-state index contributed by atoms with van der Waals surface area (Å²) in [5, 5.41) is 8.05. The van der Waals surface area contributed by atoms with Crippen LogP contribution in [0.4, 0.5) is 13.2 Å². The molecule has 0 spiro atoms. The molecular formula is C14H5ClF3N3O3. The van der Waals surface area contributed by atoms with Crippen LogP contribution in [0.2, 0.25) is 5.15 Å². The molecule has 3 rings (SSSR count). The van der Waals surface area contributed by atoms with Gasteiger partial charge in [0.15, 0.2) is 28.3 Å². The third kappa shape index (κ3) is 2.48. The molecule has 122 valence electrons. The van der Waals surface area contributed by atoms with Crippen molar-refractivity contribution in [3.63, 3.8) is 0 Å². The van der Waals surface area contributed by atoms with Crippen LogP contribution >= 0.6 is 11.6 Å². The first-order chi connectivity index (χ1) is 11.3. The van der Waals surface area contributed by atoms with Crippen LogP contribution in [0, 0.1) is 17.5 Å². The lowest BCUT2D eigenvalue weighted by molar-refractivity contribution is 0.0695. The SMILES string of the molecule is O=C(O)c1cn(-c2ncc(F)cc2F)c2nc(Cl)c(F)cc2c1=O. The van der Waals surface area contributed by atoms with Gasteiger partial charge in [-0.2, -0.15) is 0 Å². The maximum Gasteiger partial charge on any atom is 0.341 e. The average molecular weight is 356 g/mol. The molecule has 3 heterocycles. The fraction of sp³-hybridized carbons (Fsp3) is 0. The molecule has 0 aliphatic carbocycles. The predicted molar refractivity (Wildman–Crippen MR) is 77.0 cm³/mol. The number of pyridine rings is 3. The van der Waals surface area contributed by atoms with Crippen molar-refractivity contribution in [2.75, 3.05) is 0 Å². The van der Waals surface area contributed by atoms with Crippen molar-refractivity contribution in [2.45, 2.75) is 0 Å². The van der Waals surface area contributed by atoms with Gasteiger partial charge in [-0.25, -0.2) is 27.9 Å². The van der Waals surface area contributed by atoms with Gasteiger partial charge in [0.25, 0.3) is 0 Å². The van der Waals surface area contributed by atoms with Crippen LogP contribution in [-0.4, -0.2) is 25.6 Å². The summed E-state index contributed by atoms with van der Waals surface area (Å²) in [7, 11) is 0. The molecule has 0 atom stereocenters. The topological polar surface area (TPSA) is 85.1 Å². The number of carboxylic acid groups (broad SMARTS) is 1. The zero-order valence-corrected chi connectivity index (χ0v) is 12.2. The first-order valence-corrected chi connectivity index (χ1v) is 6.63. The second-order valence-electron chi connectivity index (χ2n) is 4.64. The van der Waals surface area contributed by atoms with Crippen molar-refractivity contribution in [1.82, 2.24) is 14.5 Å². The molecule has 0 fully saturated rings. The van der Waals surface area contributed by atoms with E-state index in [0.717, 1.165) is 10.8 Å². The molecule has 0 unspecified atom stereocenters. The summed E-state index contributed by atoms with van der Waals surface area (Å²) in [4.78, 5) is 30.5. The van der Waals surface area contributed by atoms with Gasteiger partial charge in [-0.3, -0.25) is 9.36 Å². The molecule has 10 heteroatoms. The van der Waals surface area contributed by atoms with Crippen molar-refractivity contribution < 1.29 is 23.1 Å². The summed E-state index contributed by atoms with van der Waals surface area (Å²) in [6.07, 6.45) is 1.45. The number of rotatable bonds is 2. The maximum atomic E-state index is 14.0. The quantitative estimate of drug-likeness (QED) is 0.714. The van der Waals surface area contributed by atoms with E-state index in [1.54, 1.807) is 0 Å². The highest BCUT2D eigenvalue weighted by Crippen LogP contribution is 2.21. The molecule has 0 bridgehead atoms. The summed E-state index contributed by atoms with van der Waals surface area (Å²) < 4.78 is 41.4. The Labute approximate surface area is 135 Å². The van der Waals surface area contributed by atoms with Crippen LogP contribution in [0.25, 0.3) is 16.9 Å². The lowest BCUT2D eigenvalue weighted by atomic mass is 10.2. The third-order valence-corrected chi connectivity index (χ3v) is 3.40. The fourth-order valence-corrected chi connectivity index (χ4v) is 2.24. The van der Waals surface area contributed by atoms with Crippen LogP contribution < -0.4 is 5.43 Å². The van der Waals surface area contributed by atoms with Gasteiger partial charge < -0.3 is 5.11 Å². The van der Waals surface area contributed by atoms with E-state index in [0.29, 0.717) is 18.3 Å². The molecule has 0 aliphatic heterocycles. The van der Waals surface area contributed by atoms with Crippen LogP contribution in [0.15, 0.2) is 29.3 Å². The molecule has 24 heavy (non-hydrogen) atoms. The Morgan fingerprint density at radius 1 is 1.21 bits per heavy atom. The number of fused-ring (bicyclic) bond motifs is 1. The maximum absolute atomic E-state index is 14.0. The lowest BCUT2D eigenvalue weighted by Gasteiger charge is -2.12. The minimum Gasteiger partial charge on any atom is -0.477 e. The molecule has 6 nitrogen and oxygen atoms in total. The fourth-order valence-electron chi connectivity index (χ4n) is 2.10. The van der Waals surface area contributed by atoms with Crippen molar-refractivity contribution in [3.8, 4) is 5.82 Å². The number of carboxylic acids is 1. The highest BCUT2D eigenvalue weighted by Gasteiger charge is 2.20. The van der Waals surface area contributed by atoms with E-state index < -0.39 is 50.8 Å².